The number of benzene rings is 1. The van der Waals surface area contributed by atoms with E-state index in [4.69, 9.17) is 18.0 Å². The molecule has 21 heavy (non-hydrogen) atoms. The van der Waals surface area contributed by atoms with Gasteiger partial charge in [-0.25, -0.2) is 8.42 Å². The van der Waals surface area contributed by atoms with E-state index in [0.29, 0.717) is 17.0 Å². The number of sulfonamides is 1. The van der Waals surface area contributed by atoms with E-state index in [9.17, 15) is 8.42 Å². The third kappa shape index (κ3) is 3.60. The van der Waals surface area contributed by atoms with Crippen LogP contribution in [0.25, 0.3) is 0 Å². The van der Waals surface area contributed by atoms with Crippen LogP contribution in [-0.4, -0.2) is 55.3 Å². The highest BCUT2D eigenvalue weighted by atomic mass is 32.2. The average Bonchev–Trinajstić information content (AvgIpc) is 2.59. The molecule has 1 aliphatic heterocycles. The van der Waals surface area contributed by atoms with Crippen LogP contribution in [0, 0.1) is 0 Å². The molecule has 1 aromatic rings. The fraction of sp³-hybridized carbons (Fsp3) is 0.500. The SMILES string of the molecule is CC1CN(C)CCCN1S(=O)(=O)c1ccc(C(N)=S)cc1. The first kappa shape index (κ1) is 16.4. The van der Waals surface area contributed by atoms with E-state index in [1.165, 1.54) is 0 Å². The normalized spacial score (nSPS) is 21.9. The molecule has 0 radical (unpaired) electrons. The van der Waals surface area contributed by atoms with E-state index in [2.05, 4.69) is 4.90 Å². The van der Waals surface area contributed by atoms with Crippen LogP contribution >= 0.6 is 12.2 Å². The van der Waals surface area contributed by atoms with Crippen molar-refractivity contribution in [2.75, 3.05) is 26.7 Å². The minimum atomic E-state index is -3.48. The van der Waals surface area contributed by atoms with E-state index >= 15 is 0 Å². The van der Waals surface area contributed by atoms with Gasteiger partial charge in [-0.05, 0) is 39.1 Å². The third-order valence-corrected chi connectivity index (χ3v) is 5.99. The van der Waals surface area contributed by atoms with Gasteiger partial charge in [0.1, 0.15) is 4.99 Å². The minimum Gasteiger partial charge on any atom is -0.389 e. The lowest BCUT2D eigenvalue weighted by molar-refractivity contribution is 0.290. The maximum absolute atomic E-state index is 12.8. The molecule has 0 amide bonds. The summed E-state index contributed by atoms with van der Waals surface area (Å²) in [4.78, 5) is 2.72. The number of thiocarbonyl (C=S) groups is 1. The van der Waals surface area contributed by atoms with Crippen molar-refractivity contribution in [1.82, 2.24) is 9.21 Å². The van der Waals surface area contributed by atoms with E-state index in [-0.39, 0.29) is 11.0 Å². The van der Waals surface area contributed by atoms with Crippen LogP contribution in [0.15, 0.2) is 29.2 Å². The van der Waals surface area contributed by atoms with Gasteiger partial charge in [0.2, 0.25) is 10.0 Å². The Balaban J connectivity index is 2.30. The number of hydrogen-bond donors (Lipinski definition) is 1. The van der Waals surface area contributed by atoms with Crippen LogP contribution in [0.5, 0.6) is 0 Å². The first-order chi connectivity index (χ1) is 9.82. The Morgan fingerprint density at radius 2 is 1.90 bits per heavy atom. The second-order valence-corrected chi connectivity index (χ2v) is 7.80. The Labute approximate surface area is 131 Å². The fourth-order valence-corrected chi connectivity index (χ4v) is 4.43. The Morgan fingerprint density at radius 1 is 1.29 bits per heavy atom. The highest BCUT2D eigenvalue weighted by Crippen LogP contribution is 2.21. The number of hydrogen-bond acceptors (Lipinski definition) is 4. The summed E-state index contributed by atoms with van der Waals surface area (Å²) in [6.45, 7) is 4.15. The molecule has 0 spiro atoms. The van der Waals surface area contributed by atoms with Crippen molar-refractivity contribution in [2.45, 2.75) is 24.3 Å². The van der Waals surface area contributed by atoms with Crippen LogP contribution in [0.4, 0.5) is 0 Å². The largest absolute Gasteiger partial charge is 0.389 e. The molecule has 2 rings (SSSR count). The maximum atomic E-state index is 12.8. The van der Waals surface area contributed by atoms with Gasteiger partial charge in [0.15, 0.2) is 0 Å². The number of nitrogens with zero attached hydrogens (tertiary/aromatic N) is 2. The van der Waals surface area contributed by atoms with Gasteiger partial charge in [-0.2, -0.15) is 4.31 Å². The Kier molecular flexibility index (Phi) is 4.98. The summed E-state index contributed by atoms with van der Waals surface area (Å²) in [7, 11) is -1.46. The highest BCUT2D eigenvalue weighted by molar-refractivity contribution is 7.89. The van der Waals surface area contributed by atoms with Crippen molar-refractivity contribution in [3.8, 4) is 0 Å². The second kappa shape index (κ2) is 6.39. The Hall–Kier alpha value is -1.02. The van der Waals surface area contributed by atoms with E-state index < -0.39 is 10.0 Å². The zero-order chi connectivity index (χ0) is 15.6. The van der Waals surface area contributed by atoms with Gasteiger partial charge in [0, 0.05) is 24.7 Å². The maximum Gasteiger partial charge on any atom is 0.243 e. The zero-order valence-electron chi connectivity index (χ0n) is 12.3. The average molecular weight is 327 g/mol. The highest BCUT2D eigenvalue weighted by Gasteiger charge is 2.31. The first-order valence-corrected chi connectivity index (χ1v) is 8.77. The summed E-state index contributed by atoms with van der Waals surface area (Å²) in [6.07, 6.45) is 0.838. The summed E-state index contributed by atoms with van der Waals surface area (Å²) in [5.41, 5.74) is 6.21. The summed E-state index contributed by atoms with van der Waals surface area (Å²) in [5.74, 6) is 0. The van der Waals surface area contributed by atoms with Crippen molar-refractivity contribution < 1.29 is 8.42 Å². The Morgan fingerprint density at radius 3 is 2.48 bits per heavy atom. The summed E-state index contributed by atoms with van der Waals surface area (Å²) in [6, 6.07) is 6.42. The van der Waals surface area contributed by atoms with Crippen LogP contribution in [0.1, 0.15) is 18.9 Å². The molecular formula is C14H21N3O2S2. The summed E-state index contributed by atoms with van der Waals surface area (Å²) in [5, 5.41) is 0. The molecule has 7 heteroatoms. The molecule has 1 saturated heterocycles. The predicted molar refractivity (Wildman–Crippen MR) is 87.8 cm³/mol. The summed E-state index contributed by atoms with van der Waals surface area (Å²) < 4.78 is 27.2. The van der Waals surface area contributed by atoms with Crippen LogP contribution in [0.3, 0.4) is 0 Å². The lowest BCUT2D eigenvalue weighted by Crippen LogP contribution is -2.41. The zero-order valence-corrected chi connectivity index (χ0v) is 14.0. The van der Waals surface area contributed by atoms with Crippen molar-refractivity contribution in [3.63, 3.8) is 0 Å². The van der Waals surface area contributed by atoms with Gasteiger partial charge < -0.3 is 10.6 Å². The molecule has 1 aromatic carbocycles. The molecule has 0 aliphatic carbocycles. The van der Waals surface area contributed by atoms with E-state index in [1.807, 2.05) is 14.0 Å². The van der Waals surface area contributed by atoms with Gasteiger partial charge in [0.05, 0.1) is 4.90 Å². The molecule has 1 fully saturated rings. The molecule has 5 nitrogen and oxygen atoms in total. The van der Waals surface area contributed by atoms with Crippen molar-refractivity contribution in [3.05, 3.63) is 29.8 Å². The first-order valence-electron chi connectivity index (χ1n) is 6.92. The predicted octanol–water partition coefficient (Wildman–Crippen LogP) is 1.04. The Bertz CT molecular complexity index is 614. The van der Waals surface area contributed by atoms with Crippen molar-refractivity contribution in [2.24, 2.45) is 5.73 Å². The lowest BCUT2D eigenvalue weighted by atomic mass is 10.2. The van der Waals surface area contributed by atoms with Crippen LogP contribution in [-0.2, 0) is 10.0 Å². The van der Waals surface area contributed by atoms with Gasteiger partial charge >= 0.3 is 0 Å². The van der Waals surface area contributed by atoms with Crippen LogP contribution in [0.2, 0.25) is 0 Å². The molecule has 116 valence electrons. The molecule has 1 aliphatic rings. The number of nitrogens with two attached hydrogens (primary N) is 1. The molecule has 0 saturated carbocycles. The molecule has 1 unspecified atom stereocenters. The summed E-state index contributed by atoms with van der Waals surface area (Å²) >= 11 is 4.89. The number of rotatable bonds is 3. The van der Waals surface area contributed by atoms with Gasteiger partial charge in [-0.1, -0.05) is 24.4 Å². The smallest absolute Gasteiger partial charge is 0.243 e. The quantitative estimate of drug-likeness (QED) is 0.840. The molecule has 1 heterocycles. The van der Waals surface area contributed by atoms with Gasteiger partial charge in [-0.3, -0.25) is 0 Å². The van der Waals surface area contributed by atoms with E-state index in [0.717, 1.165) is 19.5 Å². The lowest BCUT2D eigenvalue weighted by Gasteiger charge is -2.27. The fourth-order valence-electron chi connectivity index (χ4n) is 2.63. The standard InChI is InChI=1S/C14H21N3O2S2/c1-11-10-16(2)8-3-9-17(11)21(18,19)13-6-4-12(5-7-13)14(15)20/h4-7,11H,3,8-10H2,1-2H3,(H2,15,20). The minimum absolute atomic E-state index is 0.0437. The van der Waals surface area contributed by atoms with Crippen molar-refractivity contribution in [1.29, 1.82) is 0 Å². The van der Waals surface area contributed by atoms with E-state index in [1.54, 1.807) is 28.6 Å². The number of likely N-dealkylation sites (N-methyl/N-ethyl adjacent to an activating group) is 1. The third-order valence-electron chi connectivity index (χ3n) is 3.73. The van der Waals surface area contributed by atoms with Crippen LogP contribution < -0.4 is 5.73 Å². The molecule has 1 atom stereocenters. The topological polar surface area (TPSA) is 66.6 Å². The second-order valence-electron chi connectivity index (χ2n) is 5.47. The molecule has 2 N–H and O–H groups in total. The van der Waals surface area contributed by atoms with Gasteiger partial charge in [-0.15, -0.1) is 0 Å². The monoisotopic (exact) mass is 327 g/mol. The van der Waals surface area contributed by atoms with Crippen molar-refractivity contribution >= 4 is 27.2 Å². The molecule has 0 bridgehead atoms. The van der Waals surface area contributed by atoms with Gasteiger partial charge in [0.25, 0.3) is 0 Å². The molecular weight excluding hydrogens is 306 g/mol. The molecule has 0 aromatic heterocycles.